The van der Waals surface area contributed by atoms with Crippen molar-refractivity contribution in [3.8, 4) is 0 Å². The Labute approximate surface area is 232 Å². The molecule has 1 unspecified atom stereocenters. The Balaban J connectivity index is 1.78. The minimum absolute atomic E-state index is 0.000209. The lowest BCUT2D eigenvalue weighted by molar-refractivity contribution is -0.314. The van der Waals surface area contributed by atoms with Gasteiger partial charge in [-0.2, -0.15) is 0 Å². The molecule has 0 spiro atoms. The Morgan fingerprint density at radius 1 is 0.950 bits per heavy atom. The number of aliphatic hydroxyl groups is 6. The first kappa shape index (κ1) is 33.4. The zero-order valence-electron chi connectivity index (χ0n) is 22.3. The molecule has 2 saturated heterocycles. The van der Waals surface area contributed by atoms with Crippen LogP contribution in [0.5, 0.6) is 0 Å². The fraction of sp³-hybridized carbons (Fsp3) is 0.957. The second-order valence-electron chi connectivity index (χ2n) is 10.5. The van der Waals surface area contributed by atoms with Crippen LogP contribution >= 0.6 is 0 Å². The van der Waals surface area contributed by atoms with E-state index >= 15 is 0 Å². The Bertz CT molecular complexity index is 788. The molecule has 2 aliphatic heterocycles. The topological polar surface area (TPSA) is 304 Å². The highest BCUT2D eigenvalue weighted by Crippen LogP contribution is 2.31. The van der Waals surface area contributed by atoms with Gasteiger partial charge in [0.15, 0.2) is 12.6 Å². The van der Waals surface area contributed by atoms with Crippen molar-refractivity contribution in [2.45, 2.75) is 105 Å². The van der Waals surface area contributed by atoms with Gasteiger partial charge in [-0.3, -0.25) is 4.79 Å². The Morgan fingerprint density at radius 2 is 1.65 bits per heavy atom. The van der Waals surface area contributed by atoms with E-state index in [4.69, 9.17) is 47.0 Å². The minimum atomic E-state index is -1.56. The molecule has 2 heterocycles. The van der Waals surface area contributed by atoms with Crippen LogP contribution in [0, 0.1) is 0 Å². The molecule has 17 heteroatoms. The van der Waals surface area contributed by atoms with Gasteiger partial charge < -0.3 is 83.2 Å². The molecule has 0 aromatic heterocycles. The normalized spacial score (nSPS) is 43.3. The van der Waals surface area contributed by atoms with E-state index in [-0.39, 0.29) is 25.7 Å². The number of carbonyl (C=O) groups excluding carboxylic acids is 1. The number of hydrogen-bond donors (Lipinski definition) is 12. The van der Waals surface area contributed by atoms with E-state index in [1.54, 1.807) is 0 Å². The van der Waals surface area contributed by atoms with E-state index in [9.17, 15) is 30.3 Å². The molecule has 1 aliphatic carbocycles. The van der Waals surface area contributed by atoms with Crippen molar-refractivity contribution in [2.24, 2.45) is 22.9 Å². The quantitative estimate of drug-likeness (QED) is 0.0951. The summed E-state index contributed by atoms with van der Waals surface area (Å²) in [6, 6.07) is -3.63. The van der Waals surface area contributed by atoms with E-state index in [1.807, 2.05) is 0 Å². The van der Waals surface area contributed by atoms with Gasteiger partial charge in [0, 0.05) is 25.7 Å². The summed E-state index contributed by atoms with van der Waals surface area (Å²) < 4.78 is 23.5. The van der Waals surface area contributed by atoms with Gasteiger partial charge in [-0.15, -0.1) is 0 Å². The van der Waals surface area contributed by atoms with Crippen LogP contribution in [0.3, 0.4) is 0 Å². The van der Waals surface area contributed by atoms with Crippen LogP contribution in [0.2, 0.25) is 0 Å². The molecule has 234 valence electrons. The maximum Gasteiger partial charge on any atom is 0.250 e. The molecule has 0 radical (unpaired) electrons. The van der Waals surface area contributed by atoms with Gasteiger partial charge in [0.25, 0.3) is 0 Å². The summed E-state index contributed by atoms with van der Waals surface area (Å²) in [6.45, 7) is -0.171. The molecule has 3 rings (SSSR count). The molecule has 0 bridgehead atoms. The van der Waals surface area contributed by atoms with Crippen molar-refractivity contribution in [2.75, 3.05) is 32.8 Å². The van der Waals surface area contributed by atoms with Crippen LogP contribution in [-0.2, 0) is 23.7 Å². The molecule has 1 saturated carbocycles. The number of ether oxygens (including phenoxy) is 4. The van der Waals surface area contributed by atoms with Gasteiger partial charge in [0.2, 0.25) is 5.91 Å². The van der Waals surface area contributed by atoms with E-state index in [1.165, 1.54) is 0 Å². The third-order valence-electron chi connectivity index (χ3n) is 7.55. The fourth-order valence-electron chi connectivity index (χ4n) is 5.16. The number of carbonyl (C=O) groups is 1. The maximum atomic E-state index is 12.5. The summed E-state index contributed by atoms with van der Waals surface area (Å²) in [7, 11) is 0. The summed E-state index contributed by atoms with van der Waals surface area (Å²) >= 11 is 0. The van der Waals surface area contributed by atoms with Gasteiger partial charge in [-0.25, -0.2) is 0 Å². The molecule has 14 atom stereocenters. The monoisotopic (exact) mass is 582 g/mol. The summed E-state index contributed by atoms with van der Waals surface area (Å²) in [4.78, 5) is 12.5. The molecule has 0 aromatic carbocycles. The van der Waals surface area contributed by atoms with Crippen molar-refractivity contribution >= 4 is 5.91 Å². The van der Waals surface area contributed by atoms with Crippen LogP contribution in [0.4, 0.5) is 0 Å². The summed E-state index contributed by atoms with van der Waals surface area (Å²) in [5, 5.41) is 66.3. The van der Waals surface area contributed by atoms with Crippen LogP contribution in [-0.4, -0.2) is 155 Å². The largest absolute Gasteiger partial charge is 0.395 e. The Kier molecular flexibility index (Phi) is 12.8. The molecule has 1 amide bonds. The van der Waals surface area contributed by atoms with Gasteiger partial charge in [0.05, 0.1) is 37.4 Å². The lowest BCUT2D eigenvalue weighted by Gasteiger charge is -2.48. The summed E-state index contributed by atoms with van der Waals surface area (Å²) in [5.41, 5.74) is 23.9. The molecule has 40 heavy (non-hydrogen) atoms. The van der Waals surface area contributed by atoms with Gasteiger partial charge in [-0.1, -0.05) is 0 Å². The SMILES string of the molecule is NC[C@H](O)C(=O)N[C@@H]1C[C@H](N)C(O[C@H]2O[C@H](CNCCO)CC[C@H]2N)[C@H](O)[C@H]1O[C@H]1O[C@H](CO)[C@@H](O)[C@H](N)[C@H]1O. The van der Waals surface area contributed by atoms with Crippen LogP contribution < -0.4 is 33.6 Å². The second kappa shape index (κ2) is 15.4. The molecule has 0 aromatic rings. The standard InChI is InChI=1S/C23H46N6O11/c24-6-13(32)21(36)29-12-5-11(26)19(39-22-10(25)2-1-9(37-22)7-28-3-4-30)18(35)20(12)40-23-17(34)15(27)16(33)14(8-31)38-23/h9-20,22-23,28,30-35H,1-8,24-27H2,(H,29,36)/t9-,10+,11-,12+,13-,14+,15-,16+,17+,18-,19?,20-,22+,23+/m0/s1. The van der Waals surface area contributed by atoms with Crippen LogP contribution in [0.25, 0.3) is 0 Å². The highest BCUT2D eigenvalue weighted by Gasteiger charge is 2.51. The third-order valence-corrected chi connectivity index (χ3v) is 7.55. The predicted octanol–water partition coefficient (Wildman–Crippen LogP) is -7.17. The van der Waals surface area contributed by atoms with Crippen molar-refractivity contribution in [3.05, 3.63) is 0 Å². The van der Waals surface area contributed by atoms with Crippen molar-refractivity contribution < 1.29 is 54.4 Å². The number of amides is 1. The lowest BCUT2D eigenvalue weighted by Crippen LogP contribution is -2.69. The zero-order valence-corrected chi connectivity index (χ0v) is 22.3. The number of hydrogen-bond acceptors (Lipinski definition) is 16. The summed E-state index contributed by atoms with van der Waals surface area (Å²) in [5.74, 6) is -0.832. The molecule has 3 fully saturated rings. The van der Waals surface area contributed by atoms with Crippen LogP contribution in [0.1, 0.15) is 19.3 Å². The second-order valence-corrected chi connectivity index (χ2v) is 10.5. The highest BCUT2D eigenvalue weighted by atomic mass is 16.7. The number of rotatable bonds is 12. The molecular formula is C23H46N6O11. The van der Waals surface area contributed by atoms with E-state index in [0.29, 0.717) is 25.9 Å². The molecule has 3 aliphatic rings. The first-order valence-electron chi connectivity index (χ1n) is 13.6. The number of aliphatic hydroxyl groups excluding tert-OH is 6. The van der Waals surface area contributed by atoms with E-state index in [2.05, 4.69) is 10.6 Å². The number of nitrogens with one attached hydrogen (secondary N) is 2. The first-order valence-corrected chi connectivity index (χ1v) is 13.6. The fourth-order valence-corrected chi connectivity index (χ4v) is 5.16. The highest BCUT2D eigenvalue weighted by molar-refractivity contribution is 5.81. The average molecular weight is 583 g/mol. The van der Waals surface area contributed by atoms with Crippen molar-refractivity contribution in [1.29, 1.82) is 0 Å². The maximum absolute atomic E-state index is 12.5. The summed E-state index contributed by atoms with van der Waals surface area (Å²) in [6.07, 6.45) is -11.1. The van der Waals surface area contributed by atoms with Gasteiger partial charge in [0.1, 0.15) is 42.7 Å². The molecule has 17 nitrogen and oxygen atoms in total. The van der Waals surface area contributed by atoms with E-state index in [0.717, 1.165) is 0 Å². The zero-order chi connectivity index (χ0) is 29.6. The molecule has 16 N–H and O–H groups in total. The van der Waals surface area contributed by atoms with Crippen molar-refractivity contribution in [3.63, 3.8) is 0 Å². The Morgan fingerprint density at radius 3 is 2.30 bits per heavy atom. The average Bonchev–Trinajstić information content (AvgIpc) is 2.94. The van der Waals surface area contributed by atoms with Gasteiger partial charge in [-0.05, 0) is 19.3 Å². The molecular weight excluding hydrogens is 536 g/mol. The Hall–Kier alpha value is -1.13. The first-order chi connectivity index (χ1) is 19.0. The van der Waals surface area contributed by atoms with Gasteiger partial charge >= 0.3 is 0 Å². The predicted molar refractivity (Wildman–Crippen MR) is 137 cm³/mol. The smallest absolute Gasteiger partial charge is 0.250 e. The van der Waals surface area contributed by atoms with Crippen LogP contribution in [0.15, 0.2) is 0 Å². The third kappa shape index (κ3) is 8.03. The van der Waals surface area contributed by atoms with Crippen molar-refractivity contribution in [1.82, 2.24) is 10.6 Å². The lowest BCUT2D eigenvalue weighted by atomic mass is 9.83. The van der Waals surface area contributed by atoms with E-state index < -0.39 is 92.0 Å². The minimum Gasteiger partial charge on any atom is -0.395 e. The number of nitrogens with two attached hydrogens (primary N) is 4.